The predicted molar refractivity (Wildman–Crippen MR) is 63.9 cm³/mol. The van der Waals surface area contributed by atoms with E-state index in [1.54, 1.807) is 24.4 Å². The molecule has 1 aromatic carbocycles. The van der Waals surface area contributed by atoms with Crippen molar-refractivity contribution in [3.63, 3.8) is 0 Å². The summed E-state index contributed by atoms with van der Waals surface area (Å²) in [7, 11) is 0. The third kappa shape index (κ3) is 2.30. The SMILES string of the molecule is Cc1cnc(C)c(-c2cccc(C(=O)O)c2)n1. The Hall–Kier alpha value is -2.23. The highest BCUT2D eigenvalue weighted by Gasteiger charge is 2.08. The molecule has 0 fully saturated rings. The van der Waals surface area contributed by atoms with Crippen LogP contribution < -0.4 is 0 Å². The summed E-state index contributed by atoms with van der Waals surface area (Å²) in [5, 5.41) is 8.94. The predicted octanol–water partition coefficient (Wildman–Crippen LogP) is 2.46. The summed E-state index contributed by atoms with van der Waals surface area (Å²) in [6, 6.07) is 6.72. The third-order valence-corrected chi connectivity index (χ3v) is 2.46. The fourth-order valence-electron chi connectivity index (χ4n) is 1.61. The van der Waals surface area contributed by atoms with Crippen molar-refractivity contribution in [1.29, 1.82) is 0 Å². The van der Waals surface area contributed by atoms with E-state index in [1.165, 1.54) is 0 Å². The second-order valence-electron chi connectivity index (χ2n) is 3.83. The Labute approximate surface area is 99.0 Å². The first kappa shape index (κ1) is 11.3. The number of aromatic carboxylic acids is 1. The quantitative estimate of drug-likeness (QED) is 0.857. The molecule has 0 unspecified atom stereocenters. The molecule has 0 bridgehead atoms. The molecule has 0 amide bonds. The number of aryl methyl sites for hydroxylation is 2. The Morgan fingerprint density at radius 2 is 2.06 bits per heavy atom. The van der Waals surface area contributed by atoms with Crippen LogP contribution in [0.1, 0.15) is 21.7 Å². The van der Waals surface area contributed by atoms with Crippen LogP contribution in [0.5, 0.6) is 0 Å². The summed E-state index contributed by atoms with van der Waals surface area (Å²) in [5.41, 5.74) is 3.36. The van der Waals surface area contributed by atoms with Gasteiger partial charge in [-0.05, 0) is 26.0 Å². The highest BCUT2D eigenvalue weighted by molar-refractivity contribution is 5.89. The highest BCUT2D eigenvalue weighted by atomic mass is 16.4. The summed E-state index contributed by atoms with van der Waals surface area (Å²) in [4.78, 5) is 19.5. The topological polar surface area (TPSA) is 63.1 Å². The number of aromatic nitrogens is 2. The number of nitrogens with zero attached hydrogens (tertiary/aromatic N) is 2. The van der Waals surface area contributed by atoms with Crippen molar-refractivity contribution < 1.29 is 9.90 Å². The van der Waals surface area contributed by atoms with E-state index < -0.39 is 5.97 Å². The van der Waals surface area contributed by atoms with Gasteiger partial charge in [-0.2, -0.15) is 0 Å². The van der Waals surface area contributed by atoms with Crippen LogP contribution in [0.25, 0.3) is 11.3 Å². The fraction of sp³-hybridized carbons (Fsp3) is 0.154. The van der Waals surface area contributed by atoms with Crippen LogP contribution in [-0.2, 0) is 0 Å². The molecule has 86 valence electrons. The van der Waals surface area contributed by atoms with Crippen LogP contribution in [0.3, 0.4) is 0 Å². The van der Waals surface area contributed by atoms with Crippen molar-refractivity contribution in [2.75, 3.05) is 0 Å². The summed E-state index contributed by atoms with van der Waals surface area (Å²) in [5.74, 6) is -0.940. The zero-order valence-corrected chi connectivity index (χ0v) is 9.64. The Morgan fingerprint density at radius 3 is 2.76 bits per heavy atom. The van der Waals surface area contributed by atoms with Crippen LogP contribution in [0.4, 0.5) is 0 Å². The van der Waals surface area contributed by atoms with Crippen molar-refractivity contribution in [3.05, 3.63) is 47.4 Å². The number of hydrogen-bond acceptors (Lipinski definition) is 3. The number of hydrogen-bond donors (Lipinski definition) is 1. The zero-order valence-electron chi connectivity index (χ0n) is 9.64. The molecule has 0 atom stereocenters. The molecule has 17 heavy (non-hydrogen) atoms. The molecule has 0 aliphatic heterocycles. The number of rotatable bonds is 2. The molecule has 0 spiro atoms. The number of carbonyl (C=O) groups is 1. The van der Waals surface area contributed by atoms with Gasteiger partial charge in [0.2, 0.25) is 0 Å². The van der Waals surface area contributed by atoms with Crippen molar-refractivity contribution in [1.82, 2.24) is 9.97 Å². The first-order valence-electron chi connectivity index (χ1n) is 5.22. The maximum absolute atomic E-state index is 10.9. The molecular formula is C13H12N2O2. The van der Waals surface area contributed by atoms with Gasteiger partial charge < -0.3 is 5.11 Å². The molecule has 0 aliphatic rings. The van der Waals surface area contributed by atoms with Gasteiger partial charge in [-0.3, -0.25) is 4.98 Å². The normalized spacial score (nSPS) is 10.2. The van der Waals surface area contributed by atoms with Crippen LogP contribution in [0.15, 0.2) is 30.5 Å². The molecule has 0 saturated heterocycles. The standard InChI is InChI=1S/C13H12N2O2/c1-8-7-14-9(2)12(15-8)10-4-3-5-11(6-10)13(16)17/h3-7H,1-2H3,(H,16,17). The molecule has 0 aliphatic carbocycles. The van der Waals surface area contributed by atoms with E-state index in [2.05, 4.69) is 9.97 Å². The van der Waals surface area contributed by atoms with E-state index in [9.17, 15) is 4.79 Å². The van der Waals surface area contributed by atoms with Crippen molar-refractivity contribution in [2.45, 2.75) is 13.8 Å². The monoisotopic (exact) mass is 228 g/mol. The minimum atomic E-state index is -0.940. The smallest absolute Gasteiger partial charge is 0.335 e. The van der Waals surface area contributed by atoms with E-state index in [1.807, 2.05) is 19.9 Å². The van der Waals surface area contributed by atoms with Crippen LogP contribution in [-0.4, -0.2) is 21.0 Å². The Bertz CT molecular complexity index is 579. The van der Waals surface area contributed by atoms with Crippen molar-refractivity contribution in [3.8, 4) is 11.3 Å². The lowest BCUT2D eigenvalue weighted by molar-refractivity contribution is 0.0697. The van der Waals surface area contributed by atoms with Gasteiger partial charge >= 0.3 is 5.97 Å². The van der Waals surface area contributed by atoms with Gasteiger partial charge in [0.1, 0.15) is 0 Å². The van der Waals surface area contributed by atoms with E-state index in [-0.39, 0.29) is 5.56 Å². The second-order valence-corrected chi connectivity index (χ2v) is 3.83. The molecule has 1 N–H and O–H groups in total. The van der Waals surface area contributed by atoms with Gasteiger partial charge in [-0.1, -0.05) is 12.1 Å². The van der Waals surface area contributed by atoms with E-state index in [4.69, 9.17) is 5.11 Å². The maximum Gasteiger partial charge on any atom is 0.335 e. The van der Waals surface area contributed by atoms with Crippen molar-refractivity contribution >= 4 is 5.97 Å². The average Bonchev–Trinajstić information content (AvgIpc) is 2.32. The first-order valence-corrected chi connectivity index (χ1v) is 5.22. The van der Waals surface area contributed by atoms with Gasteiger partial charge in [-0.25, -0.2) is 9.78 Å². The van der Waals surface area contributed by atoms with E-state index in [0.29, 0.717) is 0 Å². The number of carboxylic acid groups (broad SMARTS) is 1. The second kappa shape index (κ2) is 4.33. The summed E-state index contributed by atoms with van der Waals surface area (Å²) in [6.07, 6.45) is 1.69. The maximum atomic E-state index is 10.9. The van der Waals surface area contributed by atoms with E-state index in [0.717, 1.165) is 22.6 Å². The lowest BCUT2D eigenvalue weighted by Crippen LogP contribution is -1.98. The summed E-state index contributed by atoms with van der Waals surface area (Å²) in [6.45, 7) is 3.71. The van der Waals surface area contributed by atoms with Gasteiger partial charge in [0, 0.05) is 11.8 Å². The summed E-state index contributed by atoms with van der Waals surface area (Å²) < 4.78 is 0. The molecule has 4 nitrogen and oxygen atoms in total. The Kier molecular flexibility index (Phi) is 2.87. The molecule has 0 saturated carbocycles. The Balaban J connectivity index is 2.56. The minimum absolute atomic E-state index is 0.255. The number of carboxylic acids is 1. The lowest BCUT2D eigenvalue weighted by atomic mass is 10.1. The first-order chi connectivity index (χ1) is 8.08. The molecule has 1 heterocycles. The van der Waals surface area contributed by atoms with Crippen LogP contribution in [0, 0.1) is 13.8 Å². The van der Waals surface area contributed by atoms with Gasteiger partial charge in [-0.15, -0.1) is 0 Å². The minimum Gasteiger partial charge on any atom is -0.478 e. The molecule has 1 aromatic heterocycles. The van der Waals surface area contributed by atoms with Crippen LogP contribution >= 0.6 is 0 Å². The molecular weight excluding hydrogens is 216 g/mol. The zero-order chi connectivity index (χ0) is 12.4. The fourth-order valence-corrected chi connectivity index (χ4v) is 1.61. The largest absolute Gasteiger partial charge is 0.478 e. The van der Waals surface area contributed by atoms with Gasteiger partial charge in [0.15, 0.2) is 0 Å². The average molecular weight is 228 g/mol. The molecule has 2 aromatic rings. The van der Waals surface area contributed by atoms with E-state index >= 15 is 0 Å². The molecule has 2 rings (SSSR count). The Morgan fingerprint density at radius 1 is 1.29 bits per heavy atom. The summed E-state index contributed by atoms with van der Waals surface area (Å²) >= 11 is 0. The highest BCUT2D eigenvalue weighted by Crippen LogP contribution is 2.21. The van der Waals surface area contributed by atoms with Gasteiger partial charge in [0.05, 0.1) is 22.6 Å². The van der Waals surface area contributed by atoms with Crippen molar-refractivity contribution in [2.24, 2.45) is 0 Å². The third-order valence-electron chi connectivity index (χ3n) is 2.46. The van der Waals surface area contributed by atoms with Gasteiger partial charge in [0.25, 0.3) is 0 Å². The molecule has 4 heteroatoms. The molecule has 0 radical (unpaired) electrons. The lowest BCUT2D eigenvalue weighted by Gasteiger charge is -2.06. The van der Waals surface area contributed by atoms with Crippen LogP contribution in [0.2, 0.25) is 0 Å². The number of benzene rings is 1.